The molecule has 3 atom stereocenters. The lowest BCUT2D eigenvalue weighted by Crippen LogP contribution is -2.51. The van der Waals surface area contributed by atoms with Crippen molar-refractivity contribution in [3.05, 3.63) is 66.4 Å². The number of methoxy groups -OCH3 is 1. The summed E-state index contributed by atoms with van der Waals surface area (Å²) < 4.78 is 10.5. The molecule has 2 amide bonds. The first-order valence-corrected chi connectivity index (χ1v) is 16.1. The van der Waals surface area contributed by atoms with Gasteiger partial charge in [0, 0.05) is 61.6 Å². The fourth-order valence-corrected chi connectivity index (χ4v) is 7.84. The summed E-state index contributed by atoms with van der Waals surface area (Å²) in [5.74, 6) is 2.17. The van der Waals surface area contributed by atoms with Crippen molar-refractivity contribution in [2.45, 2.75) is 50.4 Å². The fraction of sp³-hybridized carbons (Fsp3) is 0.412. The van der Waals surface area contributed by atoms with Crippen LogP contribution in [0.15, 0.2) is 55.1 Å². The number of nitrogens with two attached hydrogens (primary N) is 1. The van der Waals surface area contributed by atoms with Crippen molar-refractivity contribution in [2.75, 3.05) is 26.7 Å². The molecule has 234 valence electrons. The number of hydrogen-bond donors (Lipinski definition) is 1. The monoisotopic (exact) mass is 617 g/mol. The van der Waals surface area contributed by atoms with Crippen LogP contribution >= 0.6 is 0 Å². The van der Waals surface area contributed by atoms with Crippen LogP contribution in [0.3, 0.4) is 0 Å². The van der Waals surface area contributed by atoms with Crippen molar-refractivity contribution in [3.8, 4) is 17.3 Å². The van der Waals surface area contributed by atoms with Crippen molar-refractivity contribution in [3.63, 3.8) is 0 Å². The number of nitrogens with zero attached hydrogens (tertiary/aromatic N) is 8. The molecule has 2 saturated carbocycles. The molecule has 2 saturated heterocycles. The SMILES string of the molecule is COc1cc(C(=O)N2C[C@H]3CC[C@@H]2[C@@H]3N)cc2nc(-c3cc4cccnc4n3CC3CC3)n(C3CN(C(=O)c4ccncn4)C3)c12. The maximum Gasteiger partial charge on any atom is 0.272 e. The second kappa shape index (κ2) is 10.3. The van der Waals surface area contributed by atoms with Gasteiger partial charge in [0.05, 0.1) is 24.4 Å². The van der Waals surface area contributed by atoms with Crippen molar-refractivity contribution in [1.82, 2.24) is 38.9 Å². The summed E-state index contributed by atoms with van der Waals surface area (Å²) >= 11 is 0. The zero-order chi connectivity index (χ0) is 31.1. The molecule has 12 nitrogen and oxygen atoms in total. The molecule has 4 aliphatic rings. The molecule has 0 radical (unpaired) electrons. The Kier molecular flexibility index (Phi) is 6.18. The van der Waals surface area contributed by atoms with Crippen molar-refractivity contribution in [1.29, 1.82) is 0 Å². The van der Waals surface area contributed by atoms with E-state index >= 15 is 0 Å². The minimum atomic E-state index is -0.130. The van der Waals surface area contributed by atoms with Crippen molar-refractivity contribution >= 4 is 33.9 Å². The maximum absolute atomic E-state index is 13.9. The van der Waals surface area contributed by atoms with E-state index in [1.165, 1.54) is 19.2 Å². The molecule has 2 aliphatic carbocycles. The molecule has 2 N–H and O–H groups in total. The van der Waals surface area contributed by atoms with E-state index in [0.29, 0.717) is 54.0 Å². The second-order valence-electron chi connectivity index (χ2n) is 13.2. The molecule has 0 unspecified atom stereocenters. The lowest BCUT2D eigenvalue weighted by molar-refractivity contribution is 0.0521. The van der Waals surface area contributed by atoms with Gasteiger partial charge in [-0.15, -0.1) is 0 Å². The highest BCUT2D eigenvalue weighted by atomic mass is 16.5. The van der Waals surface area contributed by atoms with Gasteiger partial charge in [-0.2, -0.15) is 0 Å². The van der Waals surface area contributed by atoms with Crippen LogP contribution in [0.1, 0.15) is 52.6 Å². The number of pyridine rings is 1. The van der Waals surface area contributed by atoms with E-state index < -0.39 is 0 Å². The van der Waals surface area contributed by atoms with Gasteiger partial charge >= 0.3 is 0 Å². The first kappa shape index (κ1) is 27.5. The molecule has 46 heavy (non-hydrogen) atoms. The molecule has 4 fully saturated rings. The molecule has 9 rings (SSSR count). The topological polar surface area (TPSA) is 137 Å². The smallest absolute Gasteiger partial charge is 0.272 e. The summed E-state index contributed by atoms with van der Waals surface area (Å²) in [4.78, 5) is 49.0. The molecule has 4 aromatic heterocycles. The van der Waals surface area contributed by atoms with Crippen LogP contribution in [0.2, 0.25) is 0 Å². The lowest BCUT2D eigenvalue weighted by atomic mass is 10.1. The summed E-state index contributed by atoms with van der Waals surface area (Å²) in [7, 11) is 1.63. The third-order valence-corrected chi connectivity index (χ3v) is 10.5. The lowest BCUT2D eigenvalue weighted by Gasteiger charge is -2.40. The standard InChI is InChI=1S/C34H35N9O3/c1-46-28-13-22(33(44)42-15-21-6-7-26(42)29(21)35)11-25-30(28)43(23-16-40(17-23)34(45)24-8-10-36-18-38-24)32(39-25)27-12-20-3-2-9-37-31(20)41(27)14-19-4-5-19/h2-3,8-13,18-19,21,23,26,29H,4-7,14-17,35H2,1H3/t21-,26-,29-/m1/s1. The minimum Gasteiger partial charge on any atom is -0.494 e. The molecule has 6 heterocycles. The van der Waals surface area contributed by atoms with Crippen LogP contribution in [0, 0.1) is 11.8 Å². The quantitative estimate of drug-likeness (QED) is 0.293. The summed E-state index contributed by atoms with van der Waals surface area (Å²) in [6.07, 6.45) is 9.23. The van der Waals surface area contributed by atoms with Gasteiger partial charge in [0.1, 0.15) is 28.9 Å². The zero-order valence-electron chi connectivity index (χ0n) is 25.6. The average molecular weight is 618 g/mol. The van der Waals surface area contributed by atoms with Crippen LogP contribution in [0.5, 0.6) is 5.75 Å². The van der Waals surface area contributed by atoms with Crippen molar-refractivity contribution < 1.29 is 14.3 Å². The molecule has 2 bridgehead atoms. The summed E-state index contributed by atoms with van der Waals surface area (Å²) in [5, 5.41) is 1.05. The zero-order valence-corrected chi connectivity index (χ0v) is 25.6. The summed E-state index contributed by atoms with van der Waals surface area (Å²) in [5.41, 5.74) is 10.8. The fourth-order valence-electron chi connectivity index (χ4n) is 7.84. The van der Waals surface area contributed by atoms with E-state index in [9.17, 15) is 9.59 Å². The highest BCUT2D eigenvalue weighted by molar-refractivity contribution is 6.01. The molecule has 5 aromatic rings. The Labute approximate surface area is 265 Å². The molecular formula is C34H35N9O3. The predicted molar refractivity (Wildman–Crippen MR) is 170 cm³/mol. The van der Waals surface area contributed by atoms with Crippen LogP contribution in [0.25, 0.3) is 33.6 Å². The Bertz CT molecular complexity index is 2010. The normalized spacial score (nSPS) is 22.6. The number of benzene rings is 1. The number of carbonyl (C=O) groups excluding carboxylic acids is 2. The van der Waals surface area contributed by atoms with Crippen LogP contribution in [0.4, 0.5) is 0 Å². The average Bonchev–Trinajstić information content (AvgIpc) is 3.41. The van der Waals surface area contributed by atoms with E-state index in [2.05, 4.69) is 31.2 Å². The van der Waals surface area contributed by atoms with E-state index in [4.69, 9.17) is 20.4 Å². The number of likely N-dealkylation sites (tertiary alicyclic amines) is 2. The van der Waals surface area contributed by atoms with E-state index in [1.807, 2.05) is 29.3 Å². The number of rotatable bonds is 7. The predicted octanol–water partition coefficient (Wildman–Crippen LogP) is 3.52. The van der Waals surface area contributed by atoms with Gasteiger partial charge in [-0.25, -0.2) is 19.9 Å². The summed E-state index contributed by atoms with van der Waals surface area (Å²) in [6.45, 7) is 2.53. The van der Waals surface area contributed by atoms with Gasteiger partial charge in [-0.3, -0.25) is 9.59 Å². The third kappa shape index (κ3) is 4.23. The number of aromatic nitrogens is 6. The molecular weight excluding hydrogens is 582 g/mol. The highest BCUT2D eigenvalue weighted by Crippen LogP contribution is 2.42. The Morgan fingerprint density at radius 2 is 1.87 bits per heavy atom. The number of fused-ring (bicyclic) bond motifs is 4. The minimum absolute atomic E-state index is 0.0312. The highest BCUT2D eigenvalue weighted by Gasteiger charge is 2.47. The van der Waals surface area contributed by atoms with Gasteiger partial charge in [0.2, 0.25) is 0 Å². The van der Waals surface area contributed by atoms with Gasteiger partial charge in [0.25, 0.3) is 11.8 Å². The van der Waals surface area contributed by atoms with E-state index in [1.54, 1.807) is 24.3 Å². The third-order valence-electron chi connectivity index (χ3n) is 10.5. The number of imidazole rings is 1. The van der Waals surface area contributed by atoms with Gasteiger partial charge in [-0.1, -0.05) is 0 Å². The first-order valence-electron chi connectivity index (χ1n) is 16.1. The first-order chi connectivity index (χ1) is 22.5. The van der Waals surface area contributed by atoms with Gasteiger partial charge in [-0.05, 0) is 73.9 Å². The number of piperidine rings is 1. The largest absolute Gasteiger partial charge is 0.494 e. The summed E-state index contributed by atoms with van der Waals surface area (Å²) in [6, 6.07) is 11.6. The Morgan fingerprint density at radius 1 is 1.00 bits per heavy atom. The van der Waals surface area contributed by atoms with E-state index in [-0.39, 0.29) is 29.9 Å². The maximum atomic E-state index is 13.9. The van der Waals surface area contributed by atoms with Crippen molar-refractivity contribution in [2.24, 2.45) is 17.6 Å². The number of amides is 2. The molecule has 2 aliphatic heterocycles. The van der Waals surface area contributed by atoms with Gasteiger partial charge in [0.15, 0.2) is 5.82 Å². The number of carbonyl (C=O) groups is 2. The molecule has 1 aromatic carbocycles. The number of ether oxygens (including phenoxy) is 1. The van der Waals surface area contributed by atoms with Crippen LogP contribution < -0.4 is 10.5 Å². The Morgan fingerprint density at radius 3 is 2.59 bits per heavy atom. The molecule has 0 spiro atoms. The van der Waals surface area contributed by atoms with Crippen LogP contribution in [-0.4, -0.2) is 89.5 Å². The Balaban J connectivity index is 1.17. The van der Waals surface area contributed by atoms with Gasteiger partial charge < -0.3 is 29.4 Å². The molecule has 12 heteroatoms. The van der Waals surface area contributed by atoms with Crippen LogP contribution in [-0.2, 0) is 6.54 Å². The number of hydrogen-bond acceptors (Lipinski definition) is 8. The van der Waals surface area contributed by atoms with E-state index in [0.717, 1.165) is 47.5 Å². The Hall–Kier alpha value is -4.84. The second-order valence-corrected chi connectivity index (χ2v) is 13.2.